The Morgan fingerprint density at radius 3 is 2.42 bits per heavy atom. The van der Waals surface area contributed by atoms with Crippen LogP contribution in [0.4, 0.5) is 0 Å². The van der Waals surface area contributed by atoms with Crippen LogP contribution in [-0.4, -0.2) is 71.8 Å². The Kier molecular flexibility index (Phi) is 11.2. The highest BCUT2D eigenvalue weighted by atomic mass is 31.2. The summed E-state index contributed by atoms with van der Waals surface area (Å²) >= 11 is 0. The Labute approximate surface area is 234 Å². The number of carbonyl (C=O) groups is 4. The first-order valence-electron chi connectivity index (χ1n) is 13.2. The van der Waals surface area contributed by atoms with E-state index < -0.39 is 48.6 Å². The molecular weight excluding hydrogens is 535 g/mol. The lowest BCUT2D eigenvalue weighted by Crippen LogP contribution is -2.44. The van der Waals surface area contributed by atoms with Crippen molar-refractivity contribution >= 4 is 31.4 Å². The van der Waals surface area contributed by atoms with Crippen LogP contribution in [-0.2, 0) is 34.8 Å². The van der Waals surface area contributed by atoms with E-state index in [1.807, 2.05) is 30.3 Å². The van der Waals surface area contributed by atoms with E-state index in [2.05, 4.69) is 5.32 Å². The van der Waals surface area contributed by atoms with Crippen molar-refractivity contribution in [3.05, 3.63) is 71.8 Å². The van der Waals surface area contributed by atoms with Crippen molar-refractivity contribution in [1.82, 2.24) is 10.2 Å². The predicted molar refractivity (Wildman–Crippen MR) is 149 cm³/mol. The summed E-state index contributed by atoms with van der Waals surface area (Å²) in [6.07, 6.45) is 1.46. The smallest absolute Gasteiger partial charge is 0.330 e. The minimum atomic E-state index is -4.26. The van der Waals surface area contributed by atoms with Crippen molar-refractivity contribution in [3.63, 3.8) is 0 Å². The van der Waals surface area contributed by atoms with Crippen LogP contribution in [0.2, 0.25) is 0 Å². The normalized spacial score (nSPS) is 17.5. The molecule has 2 N–H and O–H groups in total. The molecule has 0 saturated carbocycles. The van der Waals surface area contributed by atoms with Gasteiger partial charge in [0.25, 0.3) is 5.91 Å². The van der Waals surface area contributed by atoms with Gasteiger partial charge in [0.15, 0.2) is 6.79 Å². The summed E-state index contributed by atoms with van der Waals surface area (Å²) < 4.78 is 24.0. The zero-order chi connectivity index (χ0) is 29.2. The first-order chi connectivity index (χ1) is 19.0. The molecule has 40 heavy (non-hydrogen) atoms. The van der Waals surface area contributed by atoms with Crippen LogP contribution in [0.5, 0.6) is 0 Å². The molecule has 3 atom stereocenters. The van der Waals surface area contributed by atoms with Crippen molar-refractivity contribution < 1.29 is 38.1 Å². The molecule has 0 aromatic heterocycles. The molecule has 1 heterocycles. The number of carbonyl (C=O) groups excluding carboxylic acids is 4. The number of rotatable bonds is 14. The molecule has 10 nitrogen and oxygen atoms in total. The molecule has 3 rings (SSSR count). The van der Waals surface area contributed by atoms with Gasteiger partial charge in [-0.25, -0.2) is 4.79 Å². The van der Waals surface area contributed by atoms with E-state index in [1.54, 1.807) is 44.2 Å². The van der Waals surface area contributed by atoms with Crippen molar-refractivity contribution in [2.24, 2.45) is 5.41 Å². The summed E-state index contributed by atoms with van der Waals surface area (Å²) in [6.45, 7) is 3.29. The second-order valence-corrected chi connectivity index (χ2v) is 13.0. The van der Waals surface area contributed by atoms with Gasteiger partial charge in [-0.3, -0.25) is 14.2 Å². The quantitative estimate of drug-likeness (QED) is 0.116. The molecule has 1 aliphatic rings. The summed E-state index contributed by atoms with van der Waals surface area (Å²) in [5.41, 5.74) is 0.533. The average Bonchev–Trinajstić information content (AvgIpc) is 3.44. The van der Waals surface area contributed by atoms with E-state index in [-0.39, 0.29) is 26.4 Å². The van der Waals surface area contributed by atoms with Crippen LogP contribution in [0.1, 0.15) is 49.0 Å². The number of nitrogens with one attached hydrogen (secondary N) is 1. The Morgan fingerprint density at radius 1 is 1.12 bits per heavy atom. The van der Waals surface area contributed by atoms with Gasteiger partial charge in [0, 0.05) is 17.5 Å². The number of hydrogen-bond acceptors (Lipinski definition) is 7. The molecular formula is C29H37N2O8P. The van der Waals surface area contributed by atoms with Crippen LogP contribution in [0, 0.1) is 5.41 Å². The Bertz CT molecular complexity index is 1210. The van der Waals surface area contributed by atoms with Gasteiger partial charge in [-0.05, 0) is 43.4 Å². The number of aldehydes is 1. The number of ether oxygens (including phenoxy) is 2. The van der Waals surface area contributed by atoms with E-state index in [0.717, 1.165) is 11.8 Å². The van der Waals surface area contributed by atoms with Crippen LogP contribution in [0.25, 0.3) is 0 Å². The molecule has 1 saturated heterocycles. The van der Waals surface area contributed by atoms with Gasteiger partial charge in [-0.2, -0.15) is 0 Å². The molecule has 216 valence electrons. The lowest BCUT2D eigenvalue weighted by Gasteiger charge is -2.28. The van der Waals surface area contributed by atoms with Gasteiger partial charge in [0.05, 0.1) is 6.61 Å². The fourth-order valence-corrected chi connectivity index (χ4v) is 6.03. The highest BCUT2D eigenvalue weighted by molar-refractivity contribution is 7.59. The van der Waals surface area contributed by atoms with Gasteiger partial charge in [0.2, 0.25) is 13.3 Å². The summed E-state index contributed by atoms with van der Waals surface area (Å²) in [6, 6.07) is 16.8. The largest absolute Gasteiger partial charge is 0.437 e. The molecule has 0 aliphatic carbocycles. The molecule has 11 heteroatoms. The van der Waals surface area contributed by atoms with Crippen molar-refractivity contribution in [2.45, 2.75) is 51.4 Å². The second kappa shape index (κ2) is 14.3. The fraction of sp³-hybridized carbons (Fsp3) is 0.448. The van der Waals surface area contributed by atoms with E-state index in [9.17, 15) is 28.6 Å². The van der Waals surface area contributed by atoms with E-state index in [4.69, 9.17) is 9.47 Å². The standard InChI is InChI=1S/C29H37N2O8P/c1-29(2,19-32)20-38-21-39-28(35)24-14-9-17-31(24)26(33)18-40(36,37)25(16-15-22-10-5-3-6-11-22)30-27(34)23-12-7-4-8-13-23/h3-8,10-13,19,24-25H,9,14-18,20-21H2,1-2H3,(H,30,34)(H,36,37)/t24-,25?/m0/s1. The summed E-state index contributed by atoms with van der Waals surface area (Å²) in [5.74, 6) is -3.03. The number of likely N-dealkylation sites (tertiary alicyclic amines) is 1. The average molecular weight is 573 g/mol. The molecule has 1 aliphatic heterocycles. The lowest BCUT2D eigenvalue weighted by molar-refractivity contribution is -0.166. The Balaban J connectivity index is 1.66. The van der Waals surface area contributed by atoms with Crippen molar-refractivity contribution in [3.8, 4) is 0 Å². The SMILES string of the molecule is CC(C)(C=O)COCOC(=O)[C@@H]1CCCN1C(=O)CP(=O)(O)C(CCc1ccccc1)NC(=O)c1ccccc1. The van der Waals surface area contributed by atoms with Crippen LogP contribution < -0.4 is 5.32 Å². The molecule has 1 fully saturated rings. The summed E-state index contributed by atoms with van der Waals surface area (Å²) in [5, 5.41) is 2.67. The monoisotopic (exact) mass is 572 g/mol. The highest BCUT2D eigenvalue weighted by Crippen LogP contribution is 2.47. The topological polar surface area (TPSA) is 139 Å². The predicted octanol–water partition coefficient (Wildman–Crippen LogP) is 3.38. The molecule has 0 bridgehead atoms. The number of nitrogens with zero attached hydrogens (tertiary/aromatic N) is 1. The number of benzene rings is 2. The molecule has 2 aromatic rings. The van der Waals surface area contributed by atoms with Crippen LogP contribution >= 0.6 is 7.37 Å². The maximum absolute atomic E-state index is 13.6. The van der Waals surface area contributed by atoms with E-state index in [0.29, 0.717) is 24.8 Å². The van der Waals surface area contributed by atoms with Crippen molar-refractivity contribution in [1.29, 1.82) is 0 Å². The number of hydrogen-bond donors (Lipinski definition) is 2. The molecule has 2 unspecified atom stereocenters. The first kappa shape index (κ1) is 31.2. The second-order valence-electron chi connectivity index (χ2n) is 10.6. The summed E-state index contributed by atoms with van der Waals surface area (Å²) in [4.78, 5) is 62.1. The number of aryl methyl sites for hydroxylation is 1. The van der Waals surface area contributed by atoms with Crippen LogP contribution in [0.3, 0.4) is 0 Å². The molecule has 2 amide bonds. The van der Waals surface area contributed by atoms with E-state index in [1.165, 1.54) is 4.90 Å². The molecule has 0 spiro atoms. The third-order valence-electron chi connectivity index (χ3n) is 6.65. The maximum Gasteiger partial charge on any atom is 0.330 e. The first-order valence-corrected chi connectivity index (χ1v) is 15.2. The zero-order valence-corrected chi connectivity index (χ0v) is 23.8. The van der Waals surface area contributed by atoms with Crippen LogP contribution in [0.15, 0.2) is 60.7 Å². The van der Waals surface area contributed by atoms with Gasteiger partial charge < -0.3 is 29.4 Å². The maximum atomic E-state index is 13.6. The van der Waals surface area contributed by atoms with Gasteiger partial charge in [-0.15, -0.1) is 0 Å². The minimum Gasteiger partial charge on any atom is -0.437 e. The van der Waals surface area contributed by atoms with E-state index >= 15 is 0 Å². The zero-order valence-electron chi connectivity index (χ0n) is 22.9. The third-order valence-corrected chi connectivity index (χ3v) is 8.74. The van der Waals surface area contributed by atoms with Gasteiger partial charge in [-0.1, -0.05) is 62.4 Å². The summed E-state index contributed by atoms with van der Waals surface area (Å²) in [7, 11) is -4.26. The third kappa shape index (κ3) is 9.11. The molecule has 0 radical (unpaired) electrons. The van der Waals surface area contributed by atoms with Gasteiger partial charge in [0.1, 0.15) is 24.3 Å². The van der Waals surface area contributed by atoms with Gasteiger partial charge >= 0.3 is 5.97 Å². The minimum absolute atomic E-state index is 0.0594. The Morgan fingerprint density at radius 2 is 1.77 bits per heavy atom. The highest BCUT2D eigenvalue weighted by Gasteiger charge is 2.41. The fourth-order valence-electron chi connectivity index (χ4n) is 4.39. The lowest BCUT2D eigenvalue weighted by atomic mass is 9.98. The number of esters is 1. The molecule has 2 aromatic carbocycles. The number of amides is 2. The Hall–Kier alpha value is -3.33. The van der Waals surface area contributed by atoms with Crippen molar-refractivity contribution in [2.75, 3.05) is 26.1 Å².